The van der Waals surface area contributed by atoms with Crippen LogP contribution in [0, 0.1) is 24.7 Å². The van der Waals surface area contributed by atoms with E-state index >= 15 is 0 Å². The van der Waals surface area contributed by atoms with Gasteiger partial charge in [-0.3, -0.25) is 24.0 Å². The molecule has 0 spiro atoms. The lowest BCUT2D eigenvalue weighted by atomic mass is 9.48. The zero-order valence-electron chi connectivity index (χ0n) is 25.5. The Labute approximate surface area is 246 Å². The Morgan fingerprint density at radius 2 is 1.50 bits per heavy atom. The first-order valence-electron chi connectivity index (χ1n) is 15.6. The van der Waals surface area contributed by atoms with Crippen LogP contribution in [0.2, 0.25) is 0 Å². The normalized spacial score (nSPS) is 24.8. The van der Waals surface area contributed by atoms with Gasteiger partial charge in [-0.25, -0.2) is 9.48 Å². The number of aryl methyl sites for hydroxylation is 3. The fourth-order valence-corrected chi connectivity index (χ4v) is 8.90. The van der Waals surface area contributed by atoms with Crippen molar-refractivity contribution < 1.29 is 0 Å². The van der Waals surface area contributed by atoms with Crippen LogP contribution in [0.5, 0.6) is 0 Å². The average Bonchev–Trinajstić information content (AvgIpc) is 3.38. The Morgan fingerprint density at radius 1 is 0.929 bits per heavy atom. The van der Waals surface area contributed by atoms with E-state index in [0.717, 1.165) is 64.6 Å². The molecule has 0 amide bonds. The van der Waals surface area contributed by atoms with Crippen molar-refractivity contribution in [1.82, 2.24) is 18.9 Å². The van der Waals surface area contributed by atoms with Crippen LogP contribution in [-0.2, 0) is 19.5 Å². The van der Waals surface area contributed by atoms with E-state index in [2.05, 4.69) is 48.1 Å². The molecule has 4 fully saturated rings. The Kier molecular flexibility index (Phi) is 6.37. The van der Waals surface area contributed by atoms with Gasteiger partial charge in [0.25, 0.3) is 5.56 Å². The quantitative estimate of drug-likeness (QED) is 0.290. The third-order valence-electron chi connectivity index (χ3n) is 10.7. The van der Waals surface area contributed by atoms with E-state index in [1.165, 1.54) is 44.1 Å². The minimum atomic E-state index is -0.114. The van der Waals surface area contributed by atoms with Gasteiger partial charge in [-0.05, 0) is 112 Å². The topological polar surface area (TPSA) is 80.3 Å². The average molecular weight is 567 g/mol. The summed E-state index contributed by atoms with van der Waals surface area (Å²) in [7, 11) is 3.57. The molecule has 0 saturated heterocycles. The fraction of sp³-hybridized carbons (Fsp3) is 0.500. The summed E-state index contributed by atoms with van der Waals surface area (Å²) in [5.74, 6) is 2.71. The molecule has 0 aliphatic heterocycles. The van der Waals surface area contributed by atoms with Crippen LogP contribution in [0.4, 0.5) is 11.4 Å². The van der Waals surface area contributed by atoms with Gasteiger partial charge in [-0.2, -0.15) is 0 Å². The predicted molar refractivity (Wildman–Crippen MR) is 170 cm³/mol. The monoisotopic (exact) mass is 566 g/mol. The number of aromatic amines is 1. The number of aliphatic imine (C=N–C) groups is 1. The van der Waals surface area contributed by atoms with Gasteiger partial charge in [0, 0.05) is 39.1 Å². The molecular formula is C34H42N6O2. The second-order valence-corrected chi connectivity index (χ2v) is 13.2. The van der Waals surface area contributed by atoms with Gasteiger partial charge in [0.05, 0.1) is 33.7 Å². The zero-order chi connectivity index (χ0) is 29.3. The lowest BCUT2D eigenvalue weighted by Crippen LogP contribution is -2.48. The molecule has 2 heterocycles. The van der Waals surface area contributed by atoms with Crippen molar-refractivity contribution in [2.75, 3.05) is 18.0 Å². The number of anilines is 1. The minimum absolute atomic E-state index is 0.0739. The molecule has 4 aliphatic carbocycles. The van der Waals surface area contributed by atoms with E-state index in [4.69, 9.17) is 4.99 Å². The number of H-pyrrole nitrogens is 1. The van der Waals surface area contributed by atoms with Gasteiger partial charge in [-0.15, -0.1) is 0 Å². The highest BCUT2D eigenvalue weighted by Gasteiger charge is 2.51. The Bertz CT molecular complexity index is 1780. The van der Waals surface area contributed by atoms with Gasteiger partial charge in [0.15, 0.2) is 0 Å². The van der Waals surface area contributed by atoms with Crippen LogP contribution >= 0.6 is 0 Å². The molecular weight excluding hydrogens is 524 g/mol. The van der Waals surface area contributed by atoms with Crippen LogP contribution in [-0.4, -0.2) is 38.2 Å². The number of rotatable bonds is 7. The molecule has 2 aromatic carbocycles. The van der Waals surface area contributed by atoms with Gasteiger partial charge in [-0.1, -0.05) is 12.1 Å². The van der Waals surface area contributed by atoms with E-state index in [1.54, 1.807) is 34.1 Å². The molecule has 0 unspecified atom stereocenters. The highest BCUT2D eigenvalue weighted by molar-refractivity contribution is 5.91. The number of aromatic nitrogens is 4. The van der Waals surface area contributed by atoms with Crippen molar-refractivity contribution in [2.24, 2.45) is 36.8 Å². The fourth-order valence-electron chi connectivity index (χ4n) is 8.90. The molecule has 0 radical (unpaired) electrons. The first-order chi connectivity index (χ1) is 20.2. The molecule has 4 aromatic rings. The third kappa shape index (κ3) is 4.13. The lowest BCUT2D eigenvalue weighted by molar-refractivity contribution is -0.00518. The molecule has 1 N–H and O–H groups in total. The summed E-state index contributed by atoms with van der Waals surface area (Å²) < 4.78 is 4.94. The Hall–Kier alpha value is -3.81. The third-order valence-corrected chi connectivity index (χ3v) is 10.7. The summed E-state index contributed by atoms with van der Waals surface area (Å²) in [6.07, 6.45) is 9.98. The van der Waals surface area contributed by atoms with Crippen LogP contribution in [0.15, 0.2) is 51.0 Å². The van der Waals surface area contributed by atoms with Crippen molar-refractivity contribution in [3.63, 3.8) is 0 Å². The lowest BCUT2D eigenvalue weighted by Gasteiger charge is -2.57. The van der Waals surface area contributed by atoms with E-state index in [9.17, 15) is 9.59 Å². The summed E-state index contributed by atoms with van der Waals surface area (Å²) in [6, 6.07) is 12.7. The van der Waals surface area contributed by atoms with Crippen LogP contribution in [0.3, 0.4) is 0 Å². The van der Waals surface area contributed by atoms with Gasteiger partial charge in [0.1, 0.15) is 0 Å². The second kappa shape index (κ2) is 9.89. The smallest absolute Gasteiger partial charge is 0.328 e. The van der Waals surface area contributed by atoms with Crippen molar-refractivity contribution in [2.45, 2.75) is 64.7 Å². The standard InChI is InChI=1S/C34H42N6O2/c1-6-39(7-2)29-16-31-30(37(4)33(42)38(31)5)15-28(29)35-20-27-21(3)36-40(32(27)41)26-10-8-25(9-11-26)34-17-22-12-23(18-34)14-24(13-22)19-34/h8-11,15-16,20,22-24,36H,6-7,12-14,17-19H2,1-5H3. The summed E-state index contributed by atoms with van der Waals surface area (Å²) in [5, 5.41) is 3.28. The molecule has 4 aliphatic rings. The van der Waals surface area contributed by atoms with E-state index < -0.39 is 0 Å². The Balaban J connectivity index is 1.22. The van der Waals surface area contributed by atoms with E-state index in [1.807, 2.05) is 19.1 Å². The molecule has 8 rings (SSSR count). The van der Waals surface area contributed by atoms with E-state index in [0.29, 0.717) is 11.0 Å². The molecule has 8 heteroatoms. The largest absolute Gasteiger partial charge is 0.370 e. The van der Waals surface area contributed by atoms with Crippen LogP contribution in [0.1, 0.15) is 69.2 Å². The second-order valence-electron chi connectivity index (χ2n) is 13.2. The number of hydrogen-bond acceptors (Lipinski definition) is 4. The van der Waals surface area contributed by atoms with Crippen molar-refractivity contribution in [3.05, 3.63) is 74.1 Å². The van der Waals surface area contributed by atoms with Crippen LogP contribution in [0.25, 0.3) is 16.7 Å². The summed E-state index contributed by atoms with van der Waals surface area (Å²) >= 11 is 0. The Morgan fingerprint density at radius 3 is 2.07 bits per heavy atom. The first-order valence-corrected chi connectivity index (χ1v) is 15.6. The van der Waals surface area contributed by atoms with Crippen LogP contribution < -0.4 is 16.1 Å². The van der Waals surface area contributed by atoms with Gasteiger partial charge >= 0.3 is 5.69 Å². The van der Waals surface area contributed by atoms with E-state index in [-0.39, 0.29) is 11.2 Å². The van der Waals surface area contributed by atoms with Crippen molar-refractivity contribution in [3.8, 4) is 5.69 Å². The SMILES string of the molecule is CCN(CC)c1cc2c(cc1N=Cc1c(C)[nH]n(-c3ccc(C45CC6CC(CC(C6)C4)C5)cc3)c1=O)n(C)c(=O)n2C. The van der Waals surface area contributed by atoms with Gasteiger partial charge < -0.3 is 4.90 Å². The maximum Gasteiger partial charge on any atom is 0.328 e. The zero-order valence-corrected chi connectivity index (χ0v) is 25.5. The maximum absolute atomic E-state index is 13.6. The maximum atomic E-state index is 13.6. The first kappa shape index (κ1) is 27.0. The highest BCUT2D eigenvalue weighted by Crippen LogP contribution is 2.60. The number of nitrogens with zero attached hydrogens (tertiary/aromatic N) is 5. The van der Waals surface area contributed by atoms with Gasteiger partial charge in [0.2, 0.25) is 0 Å². The molecule has 42 heavy (non-hydrogen) atoms. The minimum Gasteiger partial charge on any atom is -0.370 e. The number of nitrogens with one attached hydrogen (secondary N) is 1. The molecule has 4 saturated carbocycles. The summed E-state index contributed by atoms with van der Waals surface area (Å²) in [4.78, 5) is 33.3. The predicted octanol–water partition coefficient (Wildman–Crippen LogP) is 5.73. The van der Waals surface area contributed by atoms with Crippen molar-refractivity contribution in [1.29, 1.82) is 0 Å². The number of imidazole rings is 1. The van der Waals surface area contributed by atoms with Crippen molar-refractivity contribution >= 4 is 28.6 Å². The molecule has 220 valence electrons. The number of benzene rings is 2. The molecule has 2 aromatic heterocycles. The summed E-state index contributed by atoms with van der Waals surface area (Å²) in [5.41, 5.74) is 7.11. The molecule has 4 bridgehead atoms. The summed E-state index contributed by atoms with van der Waals surface area (Å²) in [6.45, 7) is 7.74. The molecule has 0 atom stereocenters. The highest BCUT2D eigenvalue weighted by atomic mass is 16.1. The number of hydrogen-bond donors (Lipinski definition) is 1. The molecule has 8 nitrogen and oxygen atoms in total. The number of fused-ring (bicyclic) bond motifs is 1.